The zero-order valence-corrected chi connectivity index (χ0v) is 19.6. The molecule has 0 radical (unpaired) electrons. The van der Waals surface area contributed by atoms with Gasteiger partial charge in [0.2, 0.25) is 0 Å². The predicted molar refractivity (Wildman–Crippen MR) is 126 cm³/mol. The Hall–Kier alpha value is -2.61. The molecule has 0 bridgehead atoms. The van der Waals surface area contributed by atoms with Crippen LogP contribution in [0.2, 0.25) is 5.02 Å². The van der Waals surface area contributed by atoms with Gasteiger partial charge in [0, 0.05) is 23.7 Å². The van der Waals surface area contributed by atoms with Crippen molar-refractivity contribution in [2.24, 2.45) is 0 Å². The lowest BCUT2D eigenvalue weighted by atomic mass is 10.2. The maximum absolute atomic E-state index is 12.8. The number of rotatable bonds is 8. The highest BCUT2D eigenvalue weighted by atomic mass is 35.5. The van der Waals surface area contributed by atoms with Gasteiger partial charge in [-0.3, -0.25) is 4.79 Å². The number of aromatic nitrogens is 1. The second-order valence-electron chi connectivity index (χ2n) is 7.56. The molecule has 2 aromatic carbocycles. The van der Waals surface area contributed by atoms with Gasteiger partial charge in [-0.05, 0) is 49.6 Å². The number of carbonyl (C=O) groups excluding carboxylic acids is 1. The normalized spacial score (nSPS) is 15.5. The summed E-state index contributed by atoms with van der Waals surface area (Å²) in [7, 11) is 1.61. The zero-order chi connectivity index (χ0) is 22.5. The molecular weight excluding hydrogens is 448 g/mol. The molecule has 32 heavy (non-hydrogen) atoms. The van der Waals surface area contributed by atoms with Crippen molar-refractivity contribution in [2.45, 2.75) is 32.4 Å². The highest BCUT2D eigenvalue weighted by Crippen LogP contribution is 2.31. The van der Waals surface area contributed by atoms with Gasteiger partial charge in [-0.2, -0.15) is 0 Å². The van der Waals surface area contributed by atoms with E-state index in [0.29, 0.717) is 40.2 Å². The number of nitrogens with zero attached hydrogens (tertiary/aromatic N) is 1. The van der Waals surface area contributed by atoms with Crippen LogP contribution in [-0.2, 0) is 11.3 Å². The molecule has 4 rings (SSSR count). The Morgan fingerprint density at radius 3 is 2.91 bits per heavy atom. The van der Waals surface area contributed by atoms with Crippen LogP contribution in [0.1, 0.15) is 33.8 Å². The molecule has 1 amide bonds. The minimum absolute atomic E-state index is 0.137. The van der Waals surface area contributed by atoms with Crippen molar-refractivity contribution in [2.75, 3.05) is 20.3 Å². The van der Waals surface area contributed by atoms with E-state index < -0.39 is 0 Å². The molecular formula is C24H25ClN2O4S. The van der Waals surface area contributed by atoms with E-state index in [0.717, 1.165) is 35.6 Å². The van der Waals surface area contributed by atoms with Crippen molar-refractivity contribution >= 4 is 28.8 Å². The van der Waals surface area contributed by atoms with Crippen molar-refractivity contribution in [1.29, 1.82) is 0 Å². The summed E-state index contributed by atoms with van der Waals surface area (Å²) in [6, 6.07) is 13.1. The summed E-state index contributed by atoms with van der Waals surface area (Å²) in [6.07, 6.45) is 2.23. The van der Waals surface area contributed by atoms with Gasteiger partial charge in [0.1, 0.15) is 16.5 Å². The number of aryl methyl sites for hydroxylation is 1. The van der Waals surface area contributed by atoms with Crippen LogP contribution in [0, 0.1) is 6.92 Å². The lowest BCUT2D eigenvalue weighted by Crippen LogP contribution is -2.22. The molecule has 3 aromatic rings. The summed E-state index contributed by atoms with van der Waals surface area (Å²) < 4.78 is 17.0. The summed E-state index contributed by atoms with van der Waals surface area (Å²) in [4.78, 5) is 17.9. The molecule has 6 nitrogen and oxygen atoms in total. The highest BCUT2D eigenvalue weighted by molar-refractivity contribution is 7.17. The molecule has 0 saturated carbocycles. The Kier molecular flexibility index (Phi) is 7.29. The molecule has 2 heterocycles. The first-order valence-electron chi connectivity index (χ1n) is 10.5. The minimum atomic E-state index is -0.161. The number of amides is 1. The van der Waals surface area contributed by atoms with E-state index >= 15 is 0 Å². The number of thiazole rings is 1. The van der Waals surface area contributed by atoms with Gasteiger partial charge in [-0.25, -0.2) is 4.98 Å². The first-order valence-corrected chi connectivity index (χ1v) is 11.7. The summed E-state index contributed by atoms with van der Waals surface area (Å²) in [6.45, 7) is 3.50. The fourth-order valence-corrected chi connectivity index (χ4v) is 4.68. The number of benzene rings is 2. The van der Waals surface area contributed by atoms with Crippen LogP contribution in [-0.4, -0.2) is 37.3 Å². The van der Waals surface area contributed by atoms with Gasteiger partial charge in [0.25, 0.3) is 5.91 Å². The fraction of sp³-hybridized carbons (Fsp3) is 0.333. The molecule has 1 atom stereocenters. The van der Waals surface area contributed by atoms with Crippen LogP contribution >= 0.6 is 22.9 Å². The first kappa shape index (κ1) is 22.6. The quantitative estimate of drug-likeness (QED) is 0.483. The smallest absolute Gasteiger partial charge is 0.263 e. The van der Waals surface area contributed by atoms with Gasteiger partial charge < -0.3 is 19.5 Å². The average molecular weight is 473 g/mol. The zero-order valence-electron chi connectivity index (χ0n) is 18.0. The standard InChI is InChI=1S/C24H25ClN2O4S/c1-15-22(32-24(27-15)17-5-3-6-18(25)12-17)23(28)26-13-16-8-9-20(21(11-16)29-2)31-14-19-7-4-10-30-19/h3,5-6,8-9,11-12,19H,4,7,10,13-14H2,1-2H3,(H,26,28). The summed E-state index contributed by atoms with van der Waals surface area (Å²) >= 11 is 7.44. The Labute approximate surface area is 196 Å². The second kappa shape index (κ2) is 10.3. The summed E-state index contributed by atoms with van der Waals surface area (Å²) in [5, 5.41) is 4.37. The number of ether oxygens (including phenoxy) is 3. The Morgan fingerprint density at radius 2 is 2.16 bits per heavy atom. The number of hydrogen-bond acceptors (Lipinski definition) is 6. The van der Waals surface area contributed by atoms with Gasteiger partial charge >= 0.3 is 0 Å². The van der Waals surface area contributed by atoms with Gasteiger partial charge in [-0.15, -0.1) is 11.3 Å². The van der Waals surface area contributed by atoms with Gasteiger partial charge in [0.05, 0.1) is 18.9 Å². The van der Waals surface area contributed by atoms with Gasteiger partial charge in [-0.1, -0.05) is 29.8 Å². The minimum Gasteiger partial charge on any atom is -0.493 e. The van der Waals surface area contributed by atoms with E-state index in [2.05, 4.69) is 10.3 Å². The molecule has 1 aliphatic rings. The van der Waals surface area contributed by atoms with E-state index in [1.807, 2.05) is 49.4 Å². The van der Waals surface area contributed by atoms with E-state index in [1.54, 1.807) is 7.11 Å². The van der Waals surface area contributed by atoms with Crippen LogP contribution in [0.5, 0.6) is 11.5 Å². The Morgan fingerprint density at radius 1 is 1.28 bits per heavy atom. The average Bonchev–Trinajstić information content (AvgIpc) is 3.46. The molecule has 1 saturated heterocycles. The molecule has 1 aliphatic heterocycles. The number of nitrogens with one attached hydrogen (secondary N) is 1. The molecule has 8 heteroatoms. The number of carbonyl (C=O) groups is 1. The van der Waals surface area contributed by atoms with Crippen molar-refractivity contribution in [1.82, 2.24) is 10.3 Å². The molecule has 1 N–H and O–H groups in total. The Balaban J connectivity index is 1.39. The van der Waals surface area contributed by atoms with Gasteiger partial charge in [0.15, 0.2) is 11.5 Å². The topological polar surface area (TPSA) is 69.7 Å². The van der Waals surface area contributed by atoms with Crippen molar-refractivity contribution in [3.63, 3.8) is 0 Å². The van der Waals surface area contributed by atoms with E-state index in [4.69, 9.17) is 25.8 Å². The fourth-order valence-electron chi connectivity index (χ4n) is 3.51. The first-order chi connectivity index (χ1) is 15.5. The lowest BCUT2D eigenvalue weighted by molar-refractivity contribution is 0.0669. The Bertz CT molecular complexity index is 1100. The van der Waals surface area contributed by atoms with E-state index in [-0.39, 0.29) is 12.0 Å². The number of hydrogen-bond donors (Lipinski definition) is 1. The number of halogens is 1. The van der Waals surface area contributed by atoms with Crippen molar-refractivity contribution < 1.29 is 19.0 Å². The molecule has 168 valence electrons. The van der Waals surface area contributed by atoms with Crippen molar-refractivity contribution in [3.05, 3.63) is 63.6 Å². The molecule has 0 spiro atoms. The van der Waals surface area contributed by atoms with Crippen LogP contribution in [0.25, 0.3) is 10.6 Å². The summed E-state index contributed by atoms with van der Waals surface area (Å²) in [5.74, 6) is 1.14. The van der Waals surface area contributed by atoms with Crippen LogP contribution in [0.4, 0.5) is 0 Å². The van der Waals surface area contributed by atoms with Crippen LogP contribution < -0.4 is 14.8 Å². The monoisotopic (exact) mass is 472 g/mol. The number of methoxy groups -OCH3 is 1. The molecule has 1 unspecified atom stereocenters. The largest absolute Gasteiger partial charge is 0.493 e. The molecule has 1 fully saturated rings. The maximum atomic E-state index is 12.8. The maximum Gasteiger partial charge on any atom is 0.263 e. The SMILES string of the molecule is COc1cc(CNC(=O)c2sc(-c3cccc(Cl)c3)nc2C)ccc1OCC1CCCO1. The third-order valence-electron chi connectivity index (χ3n) is 5.20. The van der Waals surface area contributed by atoms with Crippen LogP contribution in [0.3, 0.4) is 0 Å². The second-order valence-corrected chi connectivity index (χ2v) is 8.99. The third kappa shape index (κ3) is 5.41. The molecule has 0 aliphatic carbocycles. The predicted octanol–water partition coefficient (Wildman–Crippen LogP) is 5.27. The lowest BCUT2D eigenvalue weighted by Gasteiger charge is -2.15. The summed E-state index contributed by atoms with van der Waals surface area (Å²) in [5.41, 5.74) is 2.50. The van der Waals surface area contributed by atoms with Crippen LogP contribution in [0.15, 0.2) is 42.5 Å². The van der Waals surface area contributed by atoms with E-state index in [1.165, 1.54) is 11.3 Å². The van der Waals surface area contributed by atoms with E-state index in [9.17, 15) is 4.79 Å². The third-order valence-corrected chi connectivity index (χ3v) is 6.64. The molecule has 1 aromatic heterocycles. The van der Waals surface area contributed by atoms with Crippen molar-refractivity contribution in [3.8, 4) is 22.1 Å². The highest BCUT2D eigenvalue weighted by Gasteiger charge is 2.18.